The topological polar surface area (TPSA) is 9.23 Å². The van der Waals surface area contributed by atoms with Crippen LogP contribution in [0.1, 0.15) is 40.0 Å². The average Bonchev–Trinajstić information content (AvgIpc) is 2.00. The Hall–Kier alpha value is 0.530. The van der Waals surface area contributed by atoms with Crippen LogP contribution in [-0.4, -0.2) is 11.9 Å². The summed E-state index contributed by atoms with van der Waals surface area (Å²) >= 11 is 5.15. The van der Waals surface area contributed by atoms with Crippen molar-refractivity contribution in [3.63, 3.8) is 0 Å². The highest BCUT2D eigenvalue weighted by atomic mass is 32.8. The van der Waals surface area contributed by atoms with Crippen molar-refractivity contribution >= 4 is 20.9 Å². The van der Waals surface area contributed by atoms with E-state index in [0.717, 1.165) is 12.2 Å². The standard InChI is InChI=1S/C8H18OS2/c1-4-6-7-11(10)9-8(3)5-2/h8H,4-7H2,1-3H3. The molecule has 0 aliphatic rings. The van der Waals surface area contributed by atoms with Gasteiger partial charge < -0.3 is 4.18 Å². The zero-order chi connectivity index (χ0) is 8.69. The third-order valence-electron chi connectivity index (χ3n) is 1.51. The third kappa shape index (κ3) is 6.91. The molecule has 0 rings (SSSR count). The Morgan fingerprint density at radius 1 is 1.45 bits per heavy atom. The van der Waals surface area contributed by atoms with Crippen LogP contribution in [0.2, 0.25) is 0 Å². The zero-order valence-electron chi connectivity index (χ0n) is 7.63. The molecule has 0 aromatic rings. The zero-order valence-corrected chi connectivity index (χ0v) is 9.26. The summed E-state index contributed by atoms with van der Waals surface area (Å²) in [4.78, 5) is 0. The Morgan fingerprint density at radius 3 is 2.55 bits per heavy atom. The first-order valence-electron chi connectivity index (χ1n) is 4.26. The summed E-state index contributed by atoms with van der Waals surface area (Å²) in [5.41, 5.74) is 0. The predicted molar refractivity (Wildman–Crippen MR) is 55.3 cm³/mol. The van der Waals surface area contributed by atoms with Gasteiger partial charge >= 0.3 is 0 Å². The van der Waals surface area contributed by atoms with Gasteiger partial charge in [0.15, 0.2) is 0 Å². The van der Waals surface area contributed by atoms with Crippen molar-refractivity contribution in [3.05, 3.63) is 0 Å². The minimum atomic E-state index is -0.217. The van der Waals surface area contributed by atoms with Crippen LogP contribution in [0.15, 0.2) is 0 Å². The molecule has 0 aliphatic carbocycles. The molecule has 0 saturated heterocycles. The van der Waals surface area contributed by atoms with Gasteiger partial charge in [0.1, 0.15) is 0 Å². The number of unbranched alkanes of at least 4 members (excludes halogenated alkanes) is 1. The first kappa shape index (κ1) is 11.5. The molecule has 2 unspecified atom stereocenters. The minimum Gasteiger partial charge on any atom is -0.309 e. The lowest BCUT2D eigenvalue weighted by Crippen LogP contribution is -2.10. The quantitative estimate of drug-likeness (QED) is 0.643. The molecule has 11 heavy (non-hydrogen) atoms. The Labute approximate surface area is 77.3 Å². The molecule has 2 atom stereocenters. The van der Waals surface area contributed by atoms with Crippen LogP contribution >= 0.6 is 0 Å². The van der Waals surface area contributed by atoms with Gasteiger partial charge in [-0.15, -0.1) is 0 Å². The van der Waals surface area contributed by atoms with Crippen LogP contribution in [0.4, 0.5) is 0 Å². The second-order valence-corrected chi connectivity index (χ2v) is 5.00. The highest BCUT2D eigenvalue weighted by Gasteiger charge is 2.01. The highest BCUT2D eigenvalue weighted by molar-refractivity contribution is 8.26. The lowest BCUT2D eigenvalue weighted by Gasteiger charge is -2.10. The van der Waals surface area contributed by atoms with E-state index in [-0.39, 0.29) is 9.74 Å². The van der Waals surface area contributed by atoms with Crippen LogP contribution in [0.25, 0.3) is 0 Å². The highest BCUT2D eigenvalue weighted by Crippen LogP contribution is 2.02. The van der Waals surface area contributed by atoms with Crippen molar-refractivity contribution in [2.45, 2.75) is 46.1 Å². The predicted octanol–water partition coefficient (Wildman–Crippen LogP) is 2.60. The fraction of sp³-hybridized carbons (Fsp3) is 1.00. The van der Waals surface area contributed by atoms with Crippen LogP contribution in [0.3, 0.4) is 0 Å². The van der Waals surface area contributed by atoms with Crippen molar-refractivity contribution in [1.82, 2.24) is 0 Å². The molecule has 0 fully saturated rings. The van der Waals surface area contributed by atoms with E-state index in [0.29, 0.717) is 6.10 Å². The maximum absolute atomic E-state index is 5.54. The number of hydrogen-bond donors (Lipinski definition) is 0. The van der Waals surface area contributed by atoms with Gasteiger partial charge in [0, 0.05) is 15.5 Å². The molecular weight excluding hydrogens is 176 g/mol. The fourth-order valence-corrected chi connectivity index (χ4v) is 2.44. The Bertz CT molecular complexity index is 115. The van der Waals surface area contributed by atoms with E-state index in [1.54, 1.807) is 0 Å². The number of rotatable bonds is 6. The normalized spacial score (nSPS) is 16.3. The Balaban J connectivity index is 3.36. The van der Waals surface area contributed by atoms with Crippen LogP contribution in [0, 0.1) is 0 Å². The summed E-state index contributed by atoms with van der Waals surface area (Å²) in [5.74, 6) is 1.05. The minimum absolute atomic E-state index is 0.217. The lowest BCUT2D eigenvalue weighted by molar-refractivity contribution is 0.255. The van der Waals surface area contributed by atoms with Crippen molar-refractivity contribution in [2.75, 3.05) is 5.75 Å². The molecule has 0 amide bonds. The van der Waals surface area contributed by atoms with Gasteiger partial charge in [-0.1, -0.05) is 20.3 Å². The van der Waals surface area contributed by atoms with Crippen molar-refractivity contribution in [1.29, 1.82) is 0 Å². The van der Waals surface area contributed by atoms with E-state index in [9.17, 15) is 0 Å². The maximum atomic E-state index is 5.54. The maximum Gasteiger partial charge on any atom is 0.0694 e. The summed E-state index contributed by atoms with van der Waals surface area (Å²) in [6, 6.07) is 0. The van der Waals surface area contributed by atoms with Gasteiger partial charge in [-0.05, 0) is 31.0 Å². The van der Waals surface area contributed by atoms with E-state index in [1.165, 1.54) is 12.8 Å². The van der Waals surface area contributed by atoms with E-state index < -0.39 is 0 Å². The Morgan fingerprint density at radius 2 is 2.09 bits per heavy atom. The molecule has 3 heteroatoms. The van der Waals surface area contributed by atoms with Gasteiger partial charge in [-0.25, -0.2) is 0 Å². The molecule has 1 nitrogen and oxygen atoms in total. The first-order valence-corrected chi connectivity index (χ1v) is 6.50. The molecular formula is C8H18OS2. The molecule has 0 aromatic heterocycles. The largest absolute Gasteiger partial charge is 0.309 e. The Kier molecular flexibility index (Phi) is 7.54. The molecule has 0 heterocycles. The van der Waals surface area contributed by atoms with Crippen molar-refractivity contribution < 1.29 is 4.18 Å². The van der Waals surface area contributed by atoms with Gasteiger partial charge in [-0.2, -0.15) is 0 Å². The average molecular weight is 194 g/mol. The molecule has 0 radical (unpaired) electrons. The molecule has 0 spiro atoms. The monoisotopic (exact) mass is 194 g/mol. The lowest BCUT2D eigenvalue weighted by atomic mass is 10.3. The van der Waals surface area contributed by atoms with Crippen LogP contribution in [0.5, 0.6) is 0 Å². The number of hydrogen-bond acceptors (Lipinski definition) is 2. The molecule has 0 N–H and O–H groups in total. The smallest absolute Gasteiger partial charge is 0.0694 e. The van der Waals surface area contributed by atoms with Gasteiger partial charge in [-0.3, -0.25) is 0 Å². The van der Waals surface area contributed by atoms with Crippen LogP contribution in [-0.2, 0) is 25.1 Å². The van der Waals surface area contributed by atoms with E-state index >= 15 is 0 Å². The fourth-order valence-electron chi connectivity index (χ4n) is 0.562. The first-order chi connectivity index (χ1) is 5.20. The summed E-state index contributed by atoms with van der Waals surface area (Å²) in [5, 5.41) is 0. The van der Waals surface area contributed by atoms with E-state index in [1.807, 2.05) is 0 Å². The van der Waals surface area contributed by atoms with E-state index in [4.69, 9.17) is 15.4 Å². The SMILES string of the molecule is CCCCS(=S)OC(C)CC. The third-order valence-corrected chi connectivity index (χ3v) is 3.41. The second kappa shape index (κ2) is 7.19. The van der Waals surface area contributed by atoms with Crippen LogP contribution < -0.4 is 0 Å². The summed E-state index contributed by atoms with van der Waals surface area (Å²) in [6.07, 6.45) is 3.81. The van der Waals surface area contributed by atoms with Gasteiger partial charge in [0.25, 0.3) is 0 Å². The second-order valence-electron chi connectivity index (χ2n) is 2.68. The molecule has 0 aliphatic heterocycles. The van der Waals surface area contributed by atoms with Crippen molar-refractivity contribution in [2.24, 2.45) is 0 Å². The summed E-state index contributed by atoms with van der Waals surface area (Å²) < 4.78 is 5.54. The summed E-state index contributed by atoms with van der Waals surface area (Å²) in [6.45, 7) is 6.38. The molecule has 0 aromatic carbocycles. The van der Waals surface area contributed by atoms with E-state index in [2.05, 4.69) is 20.8 Å². The molecule has 0 saturated carbocycles. The van der Waals surface area contributed by atoms with Gasteiger partial charge in [0.2, 0.25) is 0 Å². The van der Waals surface area contributed by atoms with Gasteiger partial charge in [0.05, 0.1) is 6.10 Å². The molecule has 68 valence electrons. The van der Waals surface area contributed by atoms with Crippen molar-refractivity contribution in [3.8, 4) is 0 Å². The summed E-state index contributed by atoms with van der Waals surface area (Å²) in [7, 11) is -0.217. The molecule has 0 bridgehead atoms.